The molecule has 0 aromatic carbocycles. The van der Waals surface area contributed by atoms with Gasteiger partial charge in [0.25, 0.3) is 5.91 Å². The number of hydrogen-bond donors (Lipinski definition) is 3. The molecule has 1 heterocycles. The predicted molar refractivity (Wildman–Crippen MR) is 71.7 cm³/mol. The predicted octanol–water partition coefficient (Wildman–Crippen LogP) is 0.175. The summed E-state index contributed by atoms with van der Waals surface area (Å²) in [6, 6.07) is 1.49. The van der Waals surface area contributed by atoms with Crippen LogP contribution in [-0.2, 0) is 9.59 Å². The van der Waals surface area contributed by atoms with Crippen molar-refractivity contribution < 1.29 is 19.5 Å². The SMILES string of the molecule is NC(=O)CCCNC(=O)c1ccncc1C=CC(=O)O. The van der Waals surface area contributed by atoms with Gasteiger partial charge in [-0.1, -0.05) is 0 Å². The molecule has 7 nitrogen and oxygen atoms in total. The fourth-order valence-corrected chi connectivity index (χ4v) is 1.47. The van der Waals surface area contributed by atoms with Gasteiger partial charge in [0.1, 0.15) is 0 Å². The molecule has 0 unspecified atom stereocenters. The number of nitrogens with one attached hydrogen (secondary N) is 1. The molecule has 0 spiro atoms. The largest absolute Gasteiger partial charge is 0.478 e. The Kier molecular flexibility index (Phi) is 5.89. The van der Waals surface area contributed by atoms with Crippen molar-refractivity contribution in [3.8, 4) is 0 Å². The maximum Gasteiger partial charge on any atom is 0.328 e. The summed E-state index contributed by atoms with van der Waals surface area (Å²) in [4.78, 5) is 36.8. The molecule has 4 N–H and O–H groups in total. The highest BCUT2D eigenvalue weighted by Gasteiger charge is 2.09. The van der Waals surface area contributed by atoms with Gasteiger partial charge in [-0.15, -0.1) is 0 Å². The summed E-state index contributed by atoms with van der Waals surface area (Å²) in [7, 11) is 0. The number of nitrogens with two attached hydrogens (primary N) is 1. The summed E-state index contributed by atoms with van der Waals surface area (Å²) in [5.41, 5.74) is 5.71. The topological polar surface area (TPSA) is 122 Å². The summed E-state index contributed by atoms with van der Waals surface area (Å²) in [6.45, 7) is 0.312. The first-order valence-electron chi connectivity index (χ1n) is 5.92. The van der Waals surface area contributed by atoms with Crippen molar-refractivity contribution in [1.82, 2.24) is 10.3 Å². The molecule has 0 aliphatic heterocycles. The van der Waals surface area contributed by atoms with E-state index < -0.39 is 11.9 Å². The Morgan fingerprint density at radius 1 is 1.40 bits per heavy atom. The fourth-order valence-electron chi connectivity index (χ4n) is 1.47. The normalized spacial score (nSPS) is 10.4. The first-order chi connectivity index (χ1) is 9.50. The van der Waals surface area contributed by atoms with E-state index in [2.05, 4.69) is 10.3 Å². The second-order valence-corrected chi connectivity index (χ2v) is 3.96. The van der Waals surface area contributed by atoms with Crippen molar-refractivity contribution in [3.05, 3.63) is 35.7 Å². The zero-order chi connectivity index (χ0) is 15.0. The number of aliphatic carboxylic acids is 1. The van der Waals surface area contributed by atoms with Gasteiger partial charge in [-0.05, 0) is 18.6 Å². The number of carbonyl (C=O) groups excluding carboxylic acids is 2. The molecule has 0 radical (unpaired) electrons. The van der Waals surface area contributed by atoms with Gasteiger partial charge < -0.3 is 16.2 Å². The molecule has 7 heteroatoms. The van der Waals surface area contributed by atoms with Gasteiger partial charge in [-0.25, -0.2) is 4.79 Å². The minimum Gasteiger partial charge on any atom is -0.478 e. The molecular weight excluding hydrogens is 262 g/mol. The van der Waals surface area contributed by atoms with Crippen LogP contribution in [0.15, 0.2) is 24.5 Å². The van der Waals surface area contributed by atoms with Gasteiger partial charge in [0.05, 0.1) is 0 Å². The molecule has 106 valence electrons. The van der Waals surface area contributed by atoms with Crippen LogP contribution in [0.4, 0.5) is 0 Å². The summed E-state index contributed by atoms with van der Waals surface area (Å²) in [5.74, 6) is -1.89. The van der Waals surface area contributed by atoms with E-state index in [0.29, 0.717) is 24.1 Å². The van der Waals surface area contributed by atoms with Gasteiger partial charge in [0.15, 0.2) is 0 Å². The van der Waals surface area contributed by atoms with Crippen LogP contribution < -0.4 is 11.1 Å². The average Bonchev–Trinajstić information content (AvgIpc) is 2.41. The van der Waals surface area contributed by atoms with Crippen molar-refractivity contribution >= 4 is 23.9 Å². The Morgan fingerprint density at radius 3 is 2.80 bits per heavy atom. The van der Waals surface area contributed by atoms with Crippen LogP contribution in [0.1, 0.15) is 28.8 Å². The van der Waals surface area contributed by atoms with Gasteiger partial charge in [0, 0.05) is 42.6 Å². The number of carbonyl (C=O) groups is 3. The van der Waals surface area contributed by atoms with E-state index in [0.717, 1.165) is 6.08 Å². The number of pyridine rings is 1. The molecule has 1 aromatic heterocycles. The van der Waals surface area contributed by atoms with Crippen molar-refractivity contribution in [1.29, 1.82) is 0 Å². The molecule has 0 bridgehead atoms. The van der Waals surface area contributed by atoms with E-state index in [1.54, 1.807) is 0 Å². The number of carboxylic acid groups (broad SMARTS) is 1. The van der Waals surface area contributed by atoms with E-state index in [9.17, 15) is 14.4 Å². The first-order valence-corrected chi connectivity index (χ1v) is 5.92. The lowest BCUT2D eigenvalue weighted by Crippen LogP contribution is -2.26. The maximum absolute atomic E-state index is 11.9. The van der Waals surface area contributed by atoms with Crippen molar-refractivity contribution in [2.24, 2.45) is 5.73 Å². The molecule has 0 atom stereocenters. The Labute approximate surface area is 115 Å². The fraction of sp³-hybridized carbons (Fsp3) is 0.231. The highest BCUT2D eigenvalue weighted by molar-refractivity contribution is 5.98. The number of hydrogen-bond acceptors (Lipinski definition) is 4. The smallest absolute Gasteiger partial charge is 0.328 e. The standard InChI is InChI=1S/C13H15N3O4/c14-11(17)2-1-6-16-13(20)10-5-7-15-8-9(10)3-4-12(18)19/h3-5,7-8H,1-2,6H2,(H2,14,17)(H,16,20)(H,18,19). The minimum atomic E-state index is -1.11. The number of primary amides is 1. The molecule has 1 rings (SSSR count). The summed E-state index contributed by atoms with van der Waals surface area (Å²) >= 11 is 0. The zero-order valence-electron chi connectivity index (χ0n) is 10.7. The third kappa shape index (κ3) is 5.30. The van der Waals surface area contributed by atoms with Gasteiger partial charge in [-0.2, -0.15) is 0 Å². The quantitative estimate of drug-likeness (QED) is 0.484. The third-order valence-corrected chi connectivity index (χ3v) is 2.39. The van der Waals surface area contributed by atoms with E-state index in [1.807, 2.05) is 0 Å². The van der Waals surface area contributed by atoms with Crippen LogP contribution in [-0.4, -0.2) is 34.4 Å². The molecule has 0 fully saturated rings. The molecule has 0 saturated heterocycles. The van der Waals surface area contributed by atoms with E-state index in [1.165, 1.54) is 24.5 Å². The molecule has 2 amide bonds. The van der Waals surface area contributed by atoms with Crippen LogP contribution in [0.3, 0.4) is 0 Å². The third-order valence-electron chi connectivity index (χ3n) is 2.39. The Bertz CT molecular complexity index is 540. The highest BCUT2D eigenvalue weighted by Crippen LogP contribution is 2.09. The van der Waals surface area contributed by atoms with Crippen molar-refractivity contribution in [3.63, 3.8) is 0 Å². The van der Waals surface area contributed by atoms with E-state index in [-0.39, 0.29) is 12.3 Å². The number of rotatable bonds is 7. The maximum atomic E-state index is 11.9. The molecule has 0 aliphatic carbocycles. The lowest BCUT2D eigenvalue weighted by Gasteiger charge is -2.06. The Hall–Kier alpha value is -2.70. The van der Waals surface area contributed by atoms with E-state index in [4.69, 9.17) is 10.8 Å². The summed E-state index contributed by atoms with van der Waals surface area (Å²) in [6.07, 6.45) is 5.72. The number of carboxylic acids is 1. The number of aromatic nitrogens is 1. The molecule has 20 heavy (non-hydrogen) atoms. The van der Waals surface area contributed by atoms with E-state index >= 15 is 0 Å². The monoisotopic (exact) mass is 277 g/mol. The zero-order valence-corrected chi connectivity index (χ0v) is 10.7. The number of nitrogens with zero attached hydrogens (tertiary/aromatic N) is 1. The second kappa shape index (κ2) is 7.67. The van der Waals surface area contributed by atoms with Crippen LogP contribution >= 0.6 is 0 Å². The minimum absolute atomic E-state index is 0.197. The first kappa shape index (κ1) is 15.4. The number of amides is 2. The van der Waals surface area contributed by atoms with Crippen LogP contribution in [0, 0.1) is 0 Å². The lowest BCUT2D eigenvalue weighted by molar-refractivity contribution is -0.131. The van der Waals surface area contributed by atoms with Crippen LogP contribution in [0.25, 0.3) is 6.08 Å². The highest BCUT2D eigenvalue weighted by atomic mass is 16.4. The van der Waals surface area contributed by atoms with Crippen molar-refractivity contribution in [2.75, 3.05) is 6.54 Å². The molecule has 0 aliphatic rings. The van der Waals surface area contributed by atoms with Gasteiger partial charge in [0.2, 0.25) is 5.91 Å². The summed E-state index contributed by atoms with van der Waals surface area (Å²) in [5, 5.41) is 11.2. The Balaban J connectivity index is 2.68. The average molecular weight is 277 g/mol. The molecule has 0 saturated carbocycles. The van der Waals surface area contributed by atoms with Gasteiger partial charge in [-0.3, -0.25) is 14.6 Å². The van der Waals surface area contributed by atoms with Crippen molar-refractivity contribution in [2.45, 2.75) is 12.8 Å². The van der Waals surface area contributed by atoms with Crippen LogP contribution in [0.5, 0.6) is 0 Å². The van der Waals surface area contributed by atoms with Crippen LogP contribution in [0.2, 0.25) is 0 Å². The Morgan fingerprint density at radius 2 is 2.15 bits per heavy atom. The molecule has 1 aromatic rings. The lowest BCUT2D eigenvalue weighted by atomic mass is 10.1. The molecular formula is C13H15N3O4. The second-order valence-electron chi connectivity index (χ2n) is 3.96. The summed E-state index contributed by atoms with van der Waals surface area (Å²) < 4.78 is 0. The van der Waals surface area contributed by atoms with Gasteiger partial charge >= 0.3 is 5.97 Å².